The van der Waals surface area contributed by atoms with Gasteiger partial charge in [0.15, 0.2) is 0 Å². The molecule has 0 bridgehead atoms. The summed E-state index contributed by atoms with van der Waals surface area (Å²) in [6.07, 6.45) is 0.993. The molecule has 2 aromatic heterocycles. The summed E-state index contributed by atoms with van der Waals surface area (Å²) in [4.78, 5) is 0. The SMILES string of the molecule is CCC(C)c1nnc(-c2c(C)nn(C)c2C)o1. The standard InChI is InChI=1S/C12H18N4O/c1-6-7(2)11-13-14-12(17-11)10-8(3)15-16(5)9(10)4/h7H,6H2,1-5H3. The Morgan fingerprint density at radius 3 is 2.53 bits per heavy atom. The summed E-state index contributed by atoms with van der Waals surface area (Å²) in [6.45, 7) is 8.15. The molecule has 0 N–H and O–H groups in total. The summed E-state index contributed by atoms with van der Waals surface area (Å²) in [5, 5.41) is 12.6. The average molecular weight is 234 g/mol. The van der Waals surface area contributed by atoms with E-state index in [1.54, 1.807) is 0 Å². The molecule has 0 aliphatic carbocycles. The van der Waals surface area contributed by atoms with Gasteiger partial charge in [-0.3, -0.25) is 4.68 Å². The van der Waals surface area contributed by atoms with Gasteiger partial charge in [-0.15, -0.1) is 10.2 Å². The Morgan fingerprint density at radius 2 is 2.00 bits per heavy atom. The molecule has 2 aromatic rings. The van der Waals surface area contributed by atoms with Gasteiger partial charge in [-0.05, 0) is 20.3 Å². The highest BCUT2D eigenvalue weighted by atomic mass is 16.4. The molecule has 0 spiro atoms. The highest BCUT2D eigenvalue weighted by Gasteiger charge is 2.19. The van der Waals surface area contributed by atoms with Gasteiger partial charge in [0.2, 0.25) is 5.89 Å². The lowest BCUT2D eigenvalue weighted by molar-refractivity contribution is 0.461. The summed E-state index contributed by atoms with van der Waals surface area (Å²) >= 11 is 0. The highest BCUT2D eigenvalue weighted by molar-refractivity contribution is 5.59. The smallest absolute Gasteiger partial charge is 0.251 e. The Labute approximate surface area is 101 Å². The van der Waals surface area contributed by atoms with Crippen molar-refractivity contribution in [2.45, 2.75) is 40.0 Å². The maximum Gasteiger partial charge on any atom is 0.251 e. The first-order chi connectivity index (χ1) is 8.04. The van der Waals surface area contributed by atoms with Crippen LogP contribution in [0.5, 0.6) is 0 Å². The third kappa shape index (κ3) is 1.97. The van der Waals surface area contributed by atoms with Gasteiger partial charge in [-0.2, -0.15) is 5.10 Å². The zero-order valence-electron chi connectivity index (χ0n) is 11.0. The Hall–Kier alpha value is -1.65. The fourth-order valence-corrected chi connectivity index (χ4v) is 1.79. The van der Waals surface area contributed by atoms with E-state index in [4.69, 9.17) is 4.42 Å². The molecule has 17 heavy (non-hydrogen) atoms. The zero-order valence-corrected chi connectivity index (χ0v) is 11.0. The lowest BCUT2D eigenvalue weighted by Gasteiger charge is -2.00. The van der Waals surface area contributed by atoms with E-state index in [0.717, 1.165) is 23.4 Å². The first-order valence-corrected chi connectivity index (χ1v) is 5.88. The number of hydrogen-bond donors (Lipinski definition) is 0. The summed E-state index contributed by atoms with van der Waals surface area (Å²) in [5.41, 5.74) is 2.92. The zero-order chi connectivity index (χ0) is 12.6. The van der Waals surface area contributed by atoms with Crippen LogP contribution in [0.4, 0.5) is 0 Å². The second kappa shape index (κ2) is 4.31. The van der Waals surface area contributed by atoms with Crippen LogP contribution in [0.3, 0.4) is 0 Å². The van der Waals surface area contributed by atoms with E-state index in [1.807, 2.05) is 25.6 Å². The van der Waals surface area contributed by atoms with E-state index in [0.29, 0.717) is 17.7 Å². The highest BCUT2D eigenvalue weighted by Crippen LogP contribution is 2.27. The van der Waals surface area contributed by atoms with Crippen molar-refractivity contribution >= 4 is 0 Å². The monoisotopic (exact) mass is 234 g/mol. The van der Waals surface area contributed by atoms with Crippen LogP contribution >= 0.6 is 0 Å². The molecule has 0 saturated heterocycles. The molecule has 0 aromatic carbocycles. The van der Waals surface area contributed by atoms with E-state index in [1.165, 1.54) is 0 Å². The summed E-state index contributed by atoms with van der Waals surface area (Å²) in [6, 6.07) is 0. The minimum absolute atomic E-state index is 0.300. The van der Waals surface area contributed by atoms with Crippen molar-refractivity contribution in [2.75, 3.05) is 0 Å². The van der Waals surface area contributed by atoms with Gasteiger partial charge < -0.3 is 4.42 Å². The Morgan fingerprint density at radius 1 is 1.29 bits per heavy atom. The predicted octanol–water partition coefficient (Wildman–Crippen LogP) is 2.60. The van der Waals surface area contributed by atoms with Crippen LogP contribution in [-0.4, -0.2) is 20.0 Å². The molecule has 0 amide bonds. The minimum atomic E-state index is 0.300. The Bertz CT molecular complexity index is 527. The topological polar surface area (TPSA) is 56.7 Å². The fraction of sp³-hybridized carbons (Fsp3) is 0.583. The van der Waals surface area contributed by atoms with Crippen molar-refractivity contribution < 1.29 is 4.42 Å². The van der Waals surface area contributed by atoms with Crippen molar-refractivity contribution in [3.8, 4) is 11.5 Å². The van der Waals surface area contributed by atoms with Gasteiger partial charge >= 0.3 is 0 Å². The maximum atomic E-state index is 5.72. The average Bonchev–Trinajstić information content (AvgIpc) is 2.85. The maximum absolute atomic E-state index is 5.72. The van der Waals surface area contributed by atoms with Crippen molar-refractivity contribution in [3.05, 3.63) is 17.3 Å². The third-order valence-corrected chi connectivity index (χ3v) is 3.20. The third-order valence-electron chi connectivity index (χ3n) is 3.20. The van der Waals surface area contributed by atoms with Crippen molar-refractivity contribution in [1.29, 1.82) is 0 Å². The van der Waals surface area contributed by atoms with Crippen LogP contribution in [0.25, 0.3) is 11.5 Å². The number of aromatic nitrogens is 4. The predicted molar refractivity (Wildman–Crippen MR) is 64.7 cm³/mol. The quantitative estimate of drug-likeness (QED) is 0.819. The molecular weight excluding hydrogens is 216 g/mol. The van der Waals surface area contributed by atoms with Gasteiger partial charge in [0.05, 0.1) is 11.3 Å². The van der Waals surface area contributed by atoms with Crippen LogP contribution in [0.15, 0.2) is 4.42 Å². The van der Waals surface area contributed by atoms with Gasteiger partial charge in [-0.25, -0.2) is 0 Å². The summed E-state index contributed by atoms with van der Waals surface area (Å²) in [5.74, 6) is 1.57. The van der Waals surface area contributed by atoms with Crippen LogP contribution in [0, 0.1) is 13.8 Å². The van der Waals surface area contributed by atoms with Crippen LogP contribution in [-0.2, 0) is 7.05 Å². The normalized spacial score (nSPS) is 13.0. The lowest BCUT2D eigenvalue weighted by Crippen LogP contribution is -1.92. The van der Waals surface area contributed by atoms with E-state index in [2.05, 4.69) is 29.1 Å². The molecule has 0 aliphatic heterocycles. The first-order valence-electron chi connectivity index (χ1n) is 5.88. The number of rotatable bonds is 3. The number of hydrogen-bond acceptors (Lipinski definition) is 4. The molecule has 2 heterocycles. The Balaban J connectivity index is 2.43. The van der Waals surface area contributed by atoms with Gasteiger partial charge in [0, 0.05) is 18.7 Å². The molecule has 5 nitrogen and oxygen atoms in total. The van der Waals surface area contributed by atoms with Gasteiger partial charge in [0.25, 0.3) is 5.89 Å². The first kappa shape index (κ1) is 11.8. The lowest BCUT2D eigenvalue weighted by atomic mass is 10.1. The van der Waals surface area contributed by atoms with Gasteiger partial charge in [-0.1, -0.05) is 13.8 Å². The van der Waals surface area contributed by atoms with E-state index in [9.17, 15) is 0 Å². The van der Waals surface area contributed by atoms with Crippen molar-refractivity contribution in [3.63, 3.8) is 0 Å². The fourth-order valence-electron chi connectivity index (χ4n) is 1.79. The second-order valence-electron chi connectivity index (χ2n) is 4.42. The molecule has 1 unspecified atom stereocenters. The van der Waals surface area contributed by atoms with Crippen LogP contribution < -0.4 is 0 Å². The number of nitrogens with zero attached hydrogens (tertiary/aromatic N) is 4. The van der Waals surface area contributed by atoms with Crippen LogP contribution in [0.1, 0.15) is 43.5 Å². The molecule has 5 heteroatoms. The largest absolute Gasteiger partial charge is 0.420 e. The van der Waals surface area contributed by atoms with Crippen LogP contribution in [0.2, 0.25) is 0 Å². The van der Waals surface area contributed by atoms with Crippen molar-refractivity contribution in [1.82, 2.24) is 20.0 Å². The Kier molecular flexibility index (Phi) is 3.00. The minimum Gasteiger partial charge on any atom is -0.420 e. The molecular formula is C12H18N4O. The van der Waals surface area contributed by atoms with E-state index < -0.39 is 0 Å². The summed E-state index contributed by atoms with van der Waals surface area (Å²) in [7, 11) is 1.91. The molecule has 92 valence electrons. The summed E-state index contributed by atoms with van der Waals surface area (Å²) < 4.78 is 7.55. The molecule has 0 radical (unpaired) electrons. The molecule has 1 atom stereocenters. The van der Waals surface area contributed by atoms with Crippen molar-refractivity contribution in [2.24, 2.45) is 7.05 Å². The number of aryl methyl sites for hydroxylation is 2. The molecule has 0 fully saturated rings. The molecule has 0 aliphatic rings. The molecule has 0 saturated carbocycles. The second-order valence-corrected chi connectivity index (χ2v) is 4.42. The van der Waals surface area contributed by atoms with Gasteiger partial charge in [0.1, 0.15) is 0 Å². The van der Waals surface area contributed by atoms with E-state index in [-0.39, 0.29) is 0 Å². The molecule has 2 rings (SSSR count). The van der Waals surface area contributed by atoms with E-state index >= 15 is 0 Å².